The molecule has 1 fully saturated rings. The Kier molecular flexibility index (Phi) is 3.85. The van der Waals surface area contributed by atoms with Gasteiger partial charge in [-0.15, -0.1) is 0 Å². The highest BCUT2D eigenvalue weighted by Crippen LogP contribution is 2.36. The molecule has 1 heterocycles. The minimum absolute atomic E-state index is 0.117. The summed E-state index contributed by atoms with van der Waals surface area (Å²) in [6.45, 7) is 5.93. The molecular weight excluding hydrogens is 222 g/mol. The zero-order valence-corrected chi connectivity index (χ0v) is 11.4. The number of aromatic nitrogens is 1. The molecule has 1 N–H and O–H groups in total. The van der Waals surface area contributed by atoms with Crippen molar-refractivity contribution in [2.45, 2.75) is 46.0 Å². The van der Waals surface area contributed by atoms with Gasteiger partial charge in [0.05, 0.1) is 0 Å². The first-order chi connectivity index (χ1) is 8.74. The number of hydrogen-bond acceptors (Lipinski definition) is 1. The van der Waals surface area contributed by atoms with Crippen LogP contribution in [0.4, 0.5) is 0 Å². The third-order valence-corrected chi connectivity index (χ3v) is 3.57. The van der Waals surface area contributed by atoms with E-state index in [1.54, 1.807) is 6.07 Å². The molecule has 2 aromatic rings. The first-order valence-corrected chi connectivity index (χ1v) is 6.87. The lowest BCUT2D eigenvalue weighted by Crippen LogP contribution is -2.09. The largest absolute Gasteiger partial charge is 0.358 e. The van der Waals surface area contributed by atoms with Gasteiger partial charge in [0.15, 0.2) is 5.43 Å². The maximum absolute atomic E-state index is 11.7. The van der Waals surface area contributed by atoms with Crippen molar-refractivity contribution in [3.05, 3.63) is 45.7 Å². The van der Waals surface area contributed by atoms with Gasteiger partial charge in [-0.3, -0.25) is 4.79 Å². The Hall–Kier alpha value is -1.57. The highest BCUT2D eigenvalue weighted by Gasteiger charge is 2.19. The van der Waals surface area contributed by atoms with E-state index in [-0.39, 0.29) is 5.43 Å². The van der Waals surface area contributed by atoms with Crippen molar-refractivity contribution in [2.75, 3.05) is 0 Å². The fourth-order valence-electron chi connectivity index (χ4n) is 2.40. The van der Waals surface area contributed by atoms with Crippen molar-refractivity contribution in [1.29, 1.82) is 0 Å². The molecule has 2 heteroatoms. The van der Waals surface area contributed by atoms with E-state index in [2.05, 4.69) is 17.1 Å². The van der Waals surface area contributed by atoms with Crippen LogP contribution in [-0.2, 0) is 0 Å². The second-order valence-electron chi connectivity index (χ2n) is 4.75. The molecule has 1 aromatic heterocycles. The van der Waals surface area contributed by atoms with Gasteiger partial charge in [-0.2, -0.15) is 0 Å². The van der Waals surface area contributed by atoms with Crippen molar-refractivity contribution in [2.24, 2.45) is 0 Å². The number of pyridine rings is 1. The lowest BCUT2D eigenvalue weighted by molar-refractivity contribution is 0.420. The Bertz CT molecular complexity index is 594. The minimum atomic E-state index is 0.117. The molecule has 96 valence electrons. The summed E-state index contributed by atoms with van der Waals surface area (Å²) in [6.07, 6.45) is 3.93. The zero-order valence-electron chi connectivity index (χ0n) is 11.4. The fourth-order valence-corrected chi connectivity index (χ4v) is 2.40. The van der Waals surface area contributed by atoms with Crippen LogP contribution in [0.1, 0.15) is 50.3 Å². The summed E-state index contributed by atoms with van der Waals surface area (Å²) in [7, 11) is 0. The summed E-state index contributed by atoms with van der Waals surface area (Å²) in [4.78, 5) is 15.0. The van der Waals surface area contributed by atoms with Gasteiger partial charge in [0.2, 0.25) is 0 Å². The van der Waals surface area contributed by atoms with Gasteiger partial charge in [0.1, 0.15) is 0 Å². The van der Waals surface area contributed by atoms with Crippen LogP contribution in [0.25, 0.3) is 10.9 Å². The first-order valence-electron chi connectivity index (χ1n) is 6.87. The van der Waals surface area contributed by atoms with Gasteiger partial charge in [-0.05, 0) is 43.4 Å². The van der Waals surface area contributed by atoms with Crippen LogP contribution >= 0.6 is 0 Å². The van der Waals surface area contributed by atoms with Crippen LogP contribution in [0.5, 0.6) is 0 Å². The van der Waals surface area contributed by atoms with Gasteiger partial charge in [0.25, 0.3) is 0 Å². The first kappa shape index (κ1) is 12.9. The number of H-pyrrole nitrogens is 1. The second-order valence-corrected chi connectivity index (χ2v) is 4.75. The smallest absolute Gasteiger partial charge is 0.189 e. The number of rotatable bonds is 1. The molecule has 0 amide bonds. The van der Waals surface area contributed by atoms with E-state index < -0.39 is 0 Å². The Morgan fingerprint density at radius 2 is 1.89 bits per heavy atom. The molecule has 18 heavy (non-hydrogen) atoms. The van der Waals surface area contributed by atoms with Gasteiger partial charge >= 0.3 is 0 Å². The zero-order chi connectivity index (χ0) is 13.1. The van der Waals surface area contributed by atoms with E-state index in [4.69, 9.17) is 0 Å². The lowest BCUT2D eigenvalue weighted by Gasteiger charge is -2.25. The van der Waals surface area contributed by atoms with Gasteiger partial charge < -0.3 is 4.98 Å². The molecule has 3 rings (SSSR count). The third-order valence-electron chi connectivity index (χ3n) is 3.57. The van der Waals surface area contributed by atoms with E-state index in [1.165, 1.54) is 24.8 Å². The number of fused-ring (bicyclic) bond motifs is 1. The van der Waals surface area contributed by atoms with Crippen LogP contribution in [0.15, 0.2) is 29.1 Å². The molecule has 0 atom stereocenters. The third kappa shape index (κ3) is 2.33. The van der Waals surface area contributed by atoms with E-state index in [0.717, 1.165) is 16.6 Å². The summed E-state index contributed by atoms with van der Waals surface area (Å²) in [5.74, 6) is 0.716. The van der Waals surface area contributed by atoms with E-state index in [0.29, 0.717) is 5.92 Å². The highest BCUT2D eigenvalue weighted by molar-refractivity contribution is 5.79. The van der Waals surface area contributed by atoms with Crippen molar-refractivity contribution in [1.82, 2.24) is 4.98 Å². The van der Waals surface area contributed by atoms with Gasteiger partial charge in [0, 0.05) is 22.7 Å². The van der Waals surface area contributed by atoms with E-state index >= 15 is 0 Å². The number of benzene rings is 1. The number of aromatic amines is 1. The fraction of sp³-hybridized carbons (Fsp3) is 0.438. The summed E-state index contributed by atoms with van der Waals surface area (Å²) in [5.41, 5.74) is 3.41. The van der Waals surface area contributed by atoms with Crippen LogP contribution in [-0.4, -0.2) is 4.98 Å². The second kappa shape index (κ2) is 5.38. The topological polar surface area (TPSA) is 32.9 Å². The molecule has 0 radical (unpaired) electrons. The minimum Gasteiger partial charge on any atom is -0.358 e. The molecule has 0 saturated heterocycles. The number of nitrogens with one attached hydrogen (secondary N) is 1. The number of hydrogen-bond donors (Lipinski definition) is 1. The Balaban J connectivity index is 0.000000574. The molecule has 1 aromatic carbocycles. The Morgan fingerprint density at radius 3 is 2.50 bits per heavy atom. The molecule has 2 nitrogen and oxygen atoms in total. The van der Waals surface area contributed by atoms with Gasteiger partial charge in [-0.1, -0.05) is 26.3 Å². The summed E-state index contributed by atoms with van der Waals surface area (Å²) in [5, 5.41) is 0.800. The summed E-state index contributed by atoms with van der Waals surface area (Å²) >= 11 is 0. The highest BCUT2D eigenvalue weighted by atomic mass is 16.1. The Labute approximate surface area is 108 Å². The lowest BCUT2D eigenvalue weighted by atomic mass is 9.80. The van der Waals surface area contributed by atoms with Crippen molar-refractivity contribution in [3.63, 3.8) is 0 Å². The molecule has 0 aliphatic heterocycles. The SMILES string of the molecule is CC.Cc1cc(=O)c2ccc(C3CCC3)cc2[nH]1. The van der Waals surface area contributed by atoms with E-state index in [1.807, 2.05) is 26.8 Å². The van der Waals surface area contributed by atoms with Gasteiger partial charge in [-0.25, -0.2) is 0 Å². The monoisotopic (exact) mass is 243 g/mol. The number of aryl methyl sites for hydroxylation is 1. The predicted molar refractivity (Wildman–Crippen MR) is 77.2 cm³/mol. The summed E-state index contributed by atoms with van der Waals surface area (Å²) < 4.78 is 0. The molecule has 0 unspecified atom stereocenters. The maximum Gasteiger partial charge on any atom is 0.189 e. The van der Waals surface area contributed by atoms with Crippen molar-refractivity contribution in [3.8, 4) is 0 Å². The Morgan fingerprint density at radius 1 is 1.17 bits per heavy atom. The van der Waals surface area contributed by atoms with Crippen LogP contribution in [0.3, 0.4) is 0 Å². The maximum atomic E-state index is 11.7. The summed E-state index contributed by atoms with van der Waals surface area (Å²) in [6, 6.07) is 7.87. The molecular formula is C16H21NO. The van der Waals surface area contributed by atoms with Crippen molar-refractivity contribution < 1.29 is 0 Å². The molecule has 1 saturated carbocycles. The average Bonchev–Trinajstić information content (AvgIpc) is 2.28. The van der Waals surface area contributed by atoms with E-state index in [9.17, 15) is 4.79 Å². The average molecular weight is 243 g/mol. The quantitative estimate of drug-likeness (QED) is 0.802. The molecule has 0 spiro atoms. The molecule has 1 aliphatic rings. The normalized spacial score (nSPS) is 14.8. The predicted octanol–water partition coefficient (Wildman–Crippen LogP) is 4.13. The molecule has 1 aliphatic carbocycles. The molecule has 0 bridgehead atoms. The van der Waals surface area contributed by atoms with Crippen LogP contribution in [0.2, 0.25) is 0 Å². The standard InChI is InChI=1S/C14H15NO.C2H6/c1-9-7-14(16)12-6-5-11(8-13(12)15-9)10-3-2-4-10;1-2/h5-8,10H,2-4H2,1H3,(H,15,16);1-2H3. The van der Waals surface area contributed by atoms with Crippen LogP contribution in [0, 0.1) is 6.92 Å². The van der Waals surface area contributed by atoms with Crippen LogP contribution < -0.4 is 5.43 Å². The van der Waals surface area contributed by atoms with Crippen molar-refractivity contribution >= 4 is 10.9 Å².